The summed E-state index contributed by atoms with van der Waals surface area (Å²) in [5.74, 6) is 1.15. The van der Waals surface area contributed by atoms with Crippen LogP contribution >= 0.6 is 0 Å². The number of H-pyrrole nitrogens is 1. The molecule has 3 rings (SSSR count). The molecule has 1 saturated carbocycles. The van der Waals surface area contributed by atoms with Gasteiger partial charge >= 0.3 is 0 Å². The molecule has 2 N–H and O–H groups in total. The Morgan fingerprint density at radius 2 is 1.87 bits per heavy atom. The summed E-state index contributed by atoms with van der Waals surface area (Å²) in [6, 6.07) is 0.711. The fourth-order valence-electron chi connectivity index (χ4n) is 2.37. The lowest BCUT2D eigenvalue weighted by Gasteiger charge is -2.10. The summed E-state index contributed by atoms with van der Waals surface area (Å²) in [6.07, 6.45) is 10.4. The largest absolute Gasteiger partial charge is 0.366 e. The smallest absolute Gasteiger partial charge is 0.151 e. The van der Waals surface area contributed by atoms with Crippen LogP contribution in [-0.2, 0) is 12.8 Å². The van der Waals surface area contributed by atoms with Crippen LogP contribution in [0.25, 0.3) is 0 Å². The van der Waals surface area contributed by atoms with Gasteiger partial charge in [0.2, 0.25) is 0 Å². The summed E-state index contributed by atoms with van der Waals surface area (Å²) >= 11 is 0. The molecule has 0 saturated heterocycles. The third-order valence-corrected chi connectivity index (χ3v) is 3.47. The SMILES string of the molecule is C1CCCc2c(NC3CC3)n[nH]c2CC1. The first-order valence-electron chi connectivity index (χ1n) is 6.26. The van der Waals surface area contributed by atoms with Crippen molar-refractivity contribution in [2.24, 2.45) is 0 Å². The van der Waals surface area contributed by atoms with E-state index in [2.05, 4.69) is 15.5 Å². The van der Waals surface area contributed by atoms with Crippen LogP contribution in [0.3, 0.4) is 0 Å². The van der Waals surface area contributed by atoms with Crippen molar-refractivity contribution in [1.82, 2.24) is 10.2 Å². The zero-order chi connectivity index (χ0) is 10.1. The zero-order valence-electron chi connectivity index (χ0n) is 9.18. The summed E-state index contributed by atoms with van der Waals surface area (Å²) in [6.45, 7) is 0. The number of anilines is 1. The van der Waals surface area contributed by atoms with E-state index in [1.807, 2.05) is 0 Å². The van der Waals surface area contributed by atoms with Gasteiger partial charge in [-0.15, -0.1) is 0 Å². The van der Waals surface area contributed by atoms with Gasteiger partial charge < -0.3 is 5.32 Å². The molecule has 1 aromatic rings. The third kappa shape index (κ3) is 2.01. The Morgan fingerprint density at radius 3 is 2.67 bits per heavy atom. The van der Waals surface area contributed by atoms with Gasteiger partial charge in [-0.25, -0.2) is 0 Å². The first-order chi connectivity index (χ1) is 7.43. The van der Waals surface area contributed by atoms with Gasteiger partial charge in [0.15, 0.2) is 5.82 Å². The van der Waals surface area contributed by atoms with E-state index < -0.39 is 0 Å². The molecule has 2 aliphatic carbocycles. The molecule has 3 nitrogen and oxygen atoms in total. The van der Waals surface area contributed by atoms with Crippen molar-refractivity contribution in [2.75, 3.05) is 5.32 Å². The van der Waals surface area contributed by atoms with Crippen LogP contribution in [-0.4, -0.2) is 16.2 Å². The molecular formula is C12H19N3. The molecule has 2 aliphatic rings. The topological polar surface area (TPSA) is 40.7 Å². The molecule has 0 amide bonds. The van der Waals surface area contributed by atoms with E-state index in [1.165, 1.54) is 62.6 Å². The van der Waals surface area contributed by atoms with E-state index in [1.54, 1.807) is 0 Å². The maximum absolute atomic E-state index is 4.43. The first-order valence-corrected chi connectivity index (χ1v) is 6.26. The fourth-order valence-corrected chi connectivity index (χ4v) is 2.37. The van der Waals surface area contributed by atoms with E-state index in [0.717, 1.165) is 5.82 Å². The zero-order valence-corrected chi connectivity index (χ0v) is 9.18. The normalized spacial score (nSPS) is 21.6. The second kappa shape index (κ2) is 3.87. The molecule has 0 spiro atoms. The highest BCUT2D eigenvalue weighted by molar-refractivity contribution is 5.48. The van der Waals surface area contributed by atoms with Gasteiger partial charge in [-0.05, 0) is 38.5 Å². The quantitative estimate of drug-likeness (QED) is 0.779. The van der Waals surface area contributed by atoms with Crippen molar-refractivity contribution in [3.05, 3.63) is 11.3 Å². The number of nitrogens with zero attached hydrogens (tertiary/aromatic N) is 1. The highest BCUT2D eigenvalue weighted by Gasteiger charge is 2.24. The number of aromatic amines is 1. The predicted octanol–water partition coefficient (Wildman–Crippen LogP) is 2.64. The minimum Gasteiger partial charge on any atom is -0.366 e. The molecule has 0 aliphatic heterocycles. The summed E-state index contributed by atoms with van der Waals surface area (Å²) < 4.78 is 0. The van der Waals surface area contributed by atoms with E-state index in [9.17, 15) is 0 Å². The van der Waals surface area contributed by atoms with Gasteiger partial charge in [-0.2, -0.15) is 5.10 Å². The molecule has 0 radical (unpaired) electrons. The van der Waals surface area contributed by atoms with Crippen LogP contribution < -0.4 is 5.32 Å². The number of fused-ring (bicyclic) bond motifs is 1. The van der Waals surface area contributed by atoms with Crippen LogP contribution in [0.2, 0.25) is 0 Å². The molecule has 82 valence electrons. The Kier molecular flexibility index (Phi) is 2.39. The summed E-state index contributed by atoms with van der Waals surface area (Å²) in [7, 11) is 0. The van der Waals surface area contributed by atoms with Crippen LogP contribution in [0.1, 0.15) is 49.8 Å². The predicted molar refractivity (Wildman–Crippen MR) is 61.1 cm³/mol. The van der Waals surface area contributed by atoms with Crippen molar-refractivity contribution >= 4 is 5.82 Å². The van der Waals surface area contributed by atoms with E-state index in [0.29, 0.717) is 6.04 Å². The lowest BCUT2D eigenvalue weighted by Crippen LogP contribution is -2.05. The monoisotopic (exact) mass is 205 g/mol. The molecular weight excluding hydrogens is 186 g/mol. The average molecular weight is 205 g/mol. The van der Waals surface area contributed by atoms with Gasteiger partial charge in [0, 0.05) is 17.3 Å². The molecule has 1 fully saturated rings. The molecule has 15 heavy (non-hydrogen) atoms. The van der Waals surface area contributed by atoms with Crippen LogP contribution in [0.15, 0.2) is 0 Å². The number of hydrogen-bond donors (Lipinski definition) is 2. The molecule has 0 atom stereocenters. The first kappa shape index (κ1) is 9.25. The Morgan fingerprint density at radius 1 is 1.07 bits per heavy atom. The van der Waals surface area contributed by atoms with Crippen molar-refractivity contribution in [2.45, 2.75) is 57.4 Å². The van der Waals surface area contributed by atoms with E-state index >= 15 is 0 Å². The third-order valence-electron chi connectivity index (χ3n) is 3.47. The minimum absolute atomic E-state index is 0.711. The second-order valence-electron chi connectivity index (χ2n) is 4.86. The van der Waals surface area contributed by atoms with Crippen LogP contribution in [0.5, 0.6) is 0 Å². The molecule has 1 heterocycles. The number of rotatable bonds is 2. The number of hydrogen-bond acceptors (Lipinski definition) is 2. The highest BCUT2D eigenvalue weighted by Crippen LogP contribution is 2.29. The number of nitrogens with one attached hydrogen (secondary N) is 2. The fraction of sp³-hybridized carbons (Fsp3) is 0.750. The maximum Gasteiger partial charge on any atom is 0.151 e. The Hall–Kier alpha value is -0.990. The van der Waals surface area contributed by atoms with Gasteiger partial charge in [-0.1, -0.05) is 12.8 Å². The van der Waals surface area contributed by atoms with Gasteiger partial charge in [0.25, 0.3) is 0 Å². The maximum atomic E-state index is 4.43. The highest BCUT2D eigenvalue weighted by atomic mass is 15.2. The summed E-state index contributed by atoms with van der Waals surface area (Å²) in [5.41, 5.74) is 2.86. The second-order valence-corrected chi connectivity index (χ2v) is 4.86. The Labute approximate surface area is 90.7 Å². The Balaban J connectivity index is 1.81. The minimum atomic E-state index is 0.711. The van der Waals surface area contributed by atoms with Crippen molar-refractivity contribution < 1.29 is 0 Å². The summed E-state index contributed by atoms with van der Waals surface area (Å²) in [4.78, 5) is 0. The molecule has 0 aromatic carbocycles. The molecule has 1 aromatic heterocycles. The van der Waals surface area contributed by atoms with Gasteiger partial charge in [-0.3, -0.25) is 5.10 Å². The van der Waals surface area contributed by atoms with Crippen molar-refractivity contribution in [3.8, 4) is 0 Å². The van der Waals surface area contributed by atoms with Crippen LogP contribution in [0.4, 0.5) is 5.82 Å². The Bertz CT molecular complexity index is 339. The van der Waals surface area contributed by atoms with Crippen LogP contribution in [0, 0.1) is 0 Å². The molecule has 0 unspecified atom stereocenters. The number of aryl methyl sites for hydroxylation is 1. The standard InChI is InChI=1S/C12H19N3/c1-2-4-6-11-10(5-3-1)12(15-14-11)13-9-7-8-9/h9H,1-8H2,(H2,13,14,15). The average Bonchev–Trinajstić information content (AvgIpc) is 2.92. The van der Waals surface area contributed by atoms with Crippen molar-refractivity contribution in [1.29, 1.82) is 0 Å². The number of aromatic nitrogens is 2. The summed E-state index contributed by atoms with van der Waals surface area (Å²) in [5, 5.41) is 11.2. The van der Waals surface area contributed by atoms with Gasteiger partial charge in [0.05, 0.1) is 0 Å². The van der Waals surface area contributed by atoms with E-state index in [-0.39, 0.29) is 0 Å². The lowest BCUT2D eigenvalue weighted by atomic mass is 9.98. The molecule has 0 bridgehead atoms. The van der Waals surface area contributed by atoms with Crippen molar-refractivity contribution in [3.63, 3.8) is 0 Å². The lowest BCUT2D eigenvalue weighted by molar-refractivity contribution is 0.612. The molecule has 3 heteroatoms. The van der Waals surface area contributed by atoms with Gasteiger partial charge in [0.1, 0.15) is 0 Å². The van der Waals surface area contributed by atoms with E-state index in [4.69, 9.17) is 0 Å².